The van der Waals surface area contributed by atoms with Crippen LogP contribution >= 0.6 is 0 Å². The van der Waals surface area contributed by atoms with E-state index >= 15 is 0 Å². The third kappa shape index (κ3) is 3.70. The molecule has 0 bridgehead atoms. The topological polar surface area (TPSA) is 32.8 Å². The molecule has 1 fully saturated rings. The zero-order valence-electron chi connectivity index (χ0n) is 10.0. The molecule has 1 heterocycles. The predicted octanol–water partition coefficient (Wildman–Crippen LogP) is 1.56. The van der Waals surface area contributed by atoms with Gasteiger partial charge in [-0.3, -0.25) is 0 Å². The largest absolute Gasteiger partial charge is 0.376 e. The van der Waals surface area contributed by atoms with Crippen LogP contribution in [0.3, 0.4) is 0 Å². The summed E-state index contributed by atoms with van der Waals surface area (Å²) in [6.07, 6.45) is 3.41. The van der Waals surface area contributed by atoms with Crippen LogP contribution in [-0.2, 0) is 4.74 Å². The summed E-state index contributed by atoms with van der Waals surface area (Å²) < 4.78 is 5.68. The van der Waals surface area contributed by atoms with Crippen LogP contribution in [0.5, 0.6) is 0 Å². The van der Waals surface area contributed by atoms with Gasteiger partial charge in [0.15, 0.2) is 0 Å². The van der Waals surface area contributed by atoms with E-state index in [-0.39, 0.29) is 12.1 Å². The lowest BCUT2D eigenvalue weighted by Gasteiger charge is -2.34. The highest BCUT2D eigenvalue weighted by Gasteiger charge is 2.24. The summed E-state index contributed by atoms with van der Waals surface area (Å²) in [5, 5.41) is 0. The molecule has 1 atom stereocenters. The van der Waals surface area contributed by atoms with Crippen LogP contribution in [0.4, 0.5) is 4.79 Å². The first-order valence-electron chi connectivity index (χ1n) is 5.73. The molecule has 0 saturated carbocycles. The number of nitrogens with zero attached hydrogens (tertiary/aromatic N) is 2. The molecular formula is C11H22N2O2. The van der Waals surface area contributed by atoms with Crippen molar-refractivity contribution in [2.75, 3.05) is 33.8 Å². The summed E-state index contributed by atoms with van der Waals surface area (Å²) in [7, 11) is 3.58. The van der Waals surface area contributed by atoms with Gasteiger partial charge in [0.2, 0.25) is 0 Å². The molecule has 1 unspecified atom stereocenters. The summed E-state index contributed by atoms with van der Waals surface area (Å²) in [6, 6.07) is 0.0970. The Kier molecular flexibility index (Phi) is 4.88. The molecule has 0 aromatic carbocycles. The van der Waals surface area contributed by atoms with Crippen LogP contribution < -0.4 is 0 Å². The minimum Gasteiger partial charge on any atom is -0.376 e. The Morgan fingerprint density at radius 1 is 1.53 bits per heavy atom. The van der Waals surface area contributed by atoms with Crippen molar-refractivity contribution in [1.29, 1.82) is 0 Å². The Labute approximate surface area is 92.2 Å². The van der Waals surface area contributed by atoms with Crippen LogP contribution in [-0.4, -0.2) is 55.7 Å². The average molecular weight is 214 g/mol. The van der Waals surface area contributed by atoms with Crippen molar-refractivity contribution in [2.24, 2.45) is 0 Å². The van der Waals surface area contributed by atoms with Gasteiger partial charge in [0, 0.05) is 33.8 Å². The molecular weight excluding hydrogens is 192 g/mol. The lowest BCUT2D eigenvalue weighted by Crippen LogP contribution is -2.47. The number of amides is 2. The second kappa shape index (κ2) is 5.95. The molecule has 0 aromatic rings. The second-order valence-electron chi connectivity index (χ2n) is 4.26. The lowest BCUT2D eigenvalue weighted by molar-refractivity contribution is 0.00723. The summed E-state index contributed by atoms with van der Waals surface area (Å²) in [4.78, 5) is 15.2. The molecule has 4 nitrogen and oxygen atoms in total. The minimum atomic E-state index is 0.0970. The van der Waals surface area contributed by atoms with E-state index in [1.807, 2.05) is 4.90 Å². The molecule has 0 radical (unpaired) electrons. The Hall–Kier alpha value is -0.770. The van der Waals surface area contributed by atoms with Gasteiger partial charge in [-0.15, -0.1) is 0 Å². The maximum Gasteiger partial charge on any atom is 0.319 e. The van der Waals surface area contributed by atoms with E-state index in [0.717, 1.165) is 39.0 Å². The van der Waals surface area contributed by atoms with Crippen LogP contribution in [0.1, 0.15) is 26.2 Å². The number of piperidine rings is 1. The molecule has 4 heteroatoms. The Bertz CT molecular complexity index is 207. The molecule has 0 N–H and O–H groups in total. The standard InChI is InChI=1S/C11H22N2O2/c1-4-8-15-10-6-5-7-13(9-10)11(14)12(2)3/h10H,4-9H2,1-3H3. The minimum absolute atomic E-state index is 0.0970. The Morgan fingerprint density at radius 2 is 2.27 bits per heavy atom. The van der Waals surface area contributed by atoms with Crippen molar-refractivity contribution in [3.05, 3.63) is 0 Å². The van der Waals surface area contributed by atoms with E-state index in [1.54, 1.807) is 19.0 Å². The van der Waals surface area contributed by atoms with E-state index in [9.17, 15) is 4.79 Å². The number of urea groups is 1. The Morgan fingerprint density at radius 3 is 2.87 bits per heavy atom. The molecule has 1 saturated heterocycles. The number of likely N-dealkylation sites (tertiary alicyclic amines) is 1. The van der Waals surface area contributed by atoms with Crippen molar-refractivity contribution in [2.45, 2.75) is 32.3 Å². The smallest absolute Gasteiger partial charge is 0.319 e. The van der Waals surface area contributed by atoms with Gasteiger partial charge in [-0.05, 0) is 19.3 Å². The molecule has 0 spiro atoms. The first-order valence-corrected chi connectivity index (χ1v) is 5.73. The van der Waals surface area contributed by atoms with Crippen molar-refractivity contribution in [3.8, 4) is 0 Å². The van der Waals surface area contributed by atoms with Gasteiger partial charge in [0.05, 0.1) is 6.10 Å². The zero-order chi connectivity index (χ0) is 11.3. The summed E-state index contributed by atoms with van der Waals surface area (Å²) >= 11 is 0. The van der Waals surface area contributed by atoms with Gasteiger partial charge in [-0.1, -0.05) is 6.92 Å². The van der Waals surface area contributed by atoms with Gasteiger partial charge < -0.3 is 14.5 Å². The Balaban J connectivity index is 2.38. The number of hydrogen-bond acceptors (Lipinski definition) is 2. The maximum atomic E-state index is 11.7. The third-order valence-electron chi connectivity index (χ3n) is 2.59. The van der Waals surface area contributed by atoms with Gasteiger partial charge in [0.25, 0.3) is 0 Å². The lowest BCUT2D eigenvalue weighted by atomic mass is 10.1. The highest BCUT2D eigenvalue weighted by molar-refractivity contribution is 5.73. The fourth-order valence-corrected chi connectivity index (χ4v) is 1.82. The highest BCUT2D eigenvalue weighted by atomic mass is 16.5. The summed E-state index contributed by atoms with van der Waals surface area (Å²) in [5.74, 6) is 0. The number of ether oxygens (including phenoxy) is 1. The fraction of sp³-hybridized carbons (Fsp3) is 0.909. The number of hydrogen-bond donors (Lipinski definition) is 0. The van der Waals surface area contributed by atoms with Crippen molar-refractivity contribution in [1.82, 2.24) is 9.80 Å². The van der Waals surface area contributed by atoms with Crippen LogP contribution in [0.2, 0.25) is 0 Å². The molecule has 1 aliphatic heterocycles. The maximum absolute atomic E-state index is 11.7. The van der Waals surface area contributed by atoms with Crippen molar-refractivity contribution >= 4 is 6.03 Å². The van der Waals surface area contributed by atoms with E-state index in [2.05, 4.69) is 6.92 Å². The van der Waals surface area contributed by atoms with Crippen LogP contribution in [0, 0.1) is 0 Å². The van der Waals surface area contributed by atoms with Crippen molar-refractivity contribution in [3.63, 3.8) is 0 Å². The van der Waals surface area contributed by atoms with E-state index in [1.165, 1.54) is 0 Å². The van der Waals surface area contributed by atoms with Crippen LogP contribution in [0.25, 0.3) is 0 Å². The first kappa shape index (κ1) is 12.3. The predicted molar refractivity (Wildman–Crippen MR) is 59.9 cm³/mol. The first-order chi connectivity index (χ1) is 7.15. The van der Waals surface area contributed by atoms with Gasteiger partial charge in [-0.2, -0.15) is 0 Å². The van der Waals surface area contributed by atoms with Crippen molar-refractivity contribution < 1.29 is 9.53 Å². The number of carbonyl (C=O) groups is 1. The molecule has 0 aromatic heterocycles. The van der Waals surface area contributed by atoms with Gasteiger partial charge >= 0.3 is 6.03 Å². The molecule has 1 rings (SSSR count). The van der Waals surface area contributed by atoms with Gasteiger partial charge in [-0.25, -0.2) is 4.79 Å². The van der Waals surface area contributed by atoms with E-state index in [0.29, 0.717) is 0 Å². The normalized spacial score (nSPS) is 21.5. The summed E-state index contributed by atoms with van der Waals surface area (Å²) in [6.45, 7) is 4.51. The quantitative estimate of drug-likeness (QED) is 0.714. The average Bonchev–Trinajstić information content (AvgIpc) is 2.25. The number of carbonyl (C=O) groups excluding carboxylic acids is 1. The van der Waals surface area contributed by atoms with E-state index in [4.69, 9.17) is 4.74 Å². The molecule has 15 heavy (non-hydrogen) atoms. The number of rotatable bonds is 3. The second-order valence-corrected chi connectivity index (χ2v) is 4.26. The third-order valence-corrected chi connectivity index (χ3v) is 2.59. The van der Waals surface area contributed by atoms with Crippen LogP contribution in [0.15, 0.2) is 0 Å². The highest BCUT2D eigenvalue weighted by Crippen LogP contribution is 2.14. The SMILES string of the molecule is CCCOC1CCCN(C(=O)N(C)C)C1. The van der Waals surface area contributed by atoms with Gasteiger partial charge in [0.1, 0.15) is 0 Å². The fourth-order valence-electron chi connectivity index (χ4n) is 1.82. The molecule has 88 valence electrons. The summed E-state index contributed by atoms with van der Waals surface area (Å²) in [5.41, 5.74) is 0. The zero-order valence-corrected chi connectivity index (χ0v) is 10.0. The molecule has 2 amide bonds. The molecule has 1 aliphatic rings. The monoisotopic (exact) mass is 214 g/mol. The van der Waals surface area contributed by atoms with E-state index < -0.39 is 0 Å². The molecule has 0 aliphatic carbocycles.